The lowest BCUT2D eigenvalue weighted by Gasteiger charge is -2.35. The molecule has 2 atom stereocenters. The maximum absolute atomic E-state index is 10.6. The lowest BCUT2D eigenvalue weighted by molar-refractivity contribution is -0.890. The Morgan fingerprint density at radius 2 is 1.92 bits per heavy atom. The number of carboxylic acids is 1. The van der Waals surface area contributed by atoms with E-state index in [2.05, 4.69) is 0 Å². The quantitative estimate of drug-likeness (QED) is 0.534. The van der Waals surface area contributed by atoms with Gasteiger partial charge in [0.15, 0.2) is 0 Å². The minimum atomic E-state index is -1.11. The molecule has 0 radical (unpaired) electrons. The number of carboxylic acid groups (broad SMARTS) is 1. The smallest absolute Gasteiger partial charge is 0.131 e. The van der Waals surface area contributed by atoms with E-state index in [1.807, 2.05) is 0 Å². The number of carbonyl (C=O) groups excluding carboxylic acids is 1. The molecule has 72 valence electrons. The maximum Gasteiger partial charge on any atom is 0.131 e. The summed E-state index contributed by atoms with van der Waals surface area (Å²) >= 11 is 0. The Balaban J connectivity index is 4.35. The van der Waals surface area contributed by atoms with Crippen LogP contribution in [0.5, 0.6) is 0 Å². The molecule has 0 aliphatic heterocycles. The van der Waals surface area contributed by atoms with Crippen molar-refractivity contribution < 1.29 is 19.5 Å². The number of aliphatic hydroxyl groups excluding tert-OH is 1. The van der Waals surface area contributed by atoms with Gasteiger partial charge < -0.3 is 19.5 Å². The topological polar surface area (TPSA) is 60.4 Å². The molecule has 4 heteroatoms. The molecule has 1 N–H and O–H groups in total. The van der Waals surface area contributed by atoms with Gasteiger partial charge in [-0.05, 0) is 6.92 Å². The third-order valence-electron chi connectivity index (χ3n) is 1.77. The summed E-state index contributed by atoms with van der Waals surface area (Å²) in [6.07, 6.45) is -0.378. The van der Waals surface area contributed by atoms with Crippen molar-refractivity contribution in [3.8, 4) is 0 Å². The van der Waals surface area contributed by atoms with E-state index in [-0.39, 0.29) is 10.9 Å². The van der Waals surface area contributed by atoms with Gasteiger partial charge in [-0.2, -0.15) is 0 Å². The Hall–Kier alpha value is -0.610. The molecule has 4 nitrogen and oxygen atoms in total. The van der Waals surface area contributed by atoms with Crippen LogP contribution in [-0.4, -0.2) is 48.8 Å². The van der Waals surface area contributed by atoms with Crippen molar-refractivity contribution in [1.29, 1.82) is 0 Å². The van der Waals surface area contributed by atoms with Crippen LogP contribution >= 0.6 is 0 Å². The molecule has 0 fully saturated rings. The van der Waals surface area contributed by atoms with E-state index in [4.69, 9.17) is 5.11 Å². The van der Waals surface area contributed by atoms with Crippen LogP contribution in [0.2, 0.25) is 0 Å². The molecule has 0 aromatic carbocycles. The summed E-state index contributed by atoms with van der Waals surface area (Å²) in [6, 6.07) is -0.648. The van der Waals surface area contributed by atoms with Crippen LogP contribution in [0.3, 0.4) is 0 Å². The van der Waals surface area contributed by atoms with Gasteiger partial charge in [-0.15, -0.1) is 0 Å². The number of rotatable bonds is 4. The van der Waals surface area contributed by atoms with E-state index in [0.29, 0.717) is 0 Å². The van der Waals surface area contributed by atoms with Crippen molar-refractivity contribution in [2.24, 2.45) is 0 Å². The van der Waals surface area contributed by atoms with E-state index in [9.17, 15) is 9.90 Å². The molecule has 0 aliphatic carbocycles. The molecule has 0 aromatic rings. The standard InChI is InChI=1S/C8H17NO3/c1-6(10)5-7(8(11)12)9(2,3)4/h6-7,10H,5H2,1-4H3. The second-order valence-electron chi connectivity index (χ2n) is 4.04. The molecular formula is C8H17NO3. The molecule has 0 heterocycles. The summed E-state index contributed by atoms with van der Waals surface area (Å²) in [7, 11) is 5.30. The SMILES string of the molecule is CC(O)CC(C(=O)[O-])[N+](C)(C)C. The third kappa shape index (κ3) is 3.69. The molecule has 0 aliphatic rings. The Bertz CT molecular complexity index is 160. The van der Waals surface area contributed by atoms with Crippen molar-refractivity contribution in [2.75, 3.05) is 21.1 Å². The maximum atomic E-state index is 10.6. The molecule has 0 amide bonds. The fourth-order valence-electron chi connectivity index (χ4n) is 1.05. The first kappa shape index (κ1) is 11.4. The van der Waals surface area contributed by atoms with Gasteiger partial charge in [-0.3, -0.25) is 0 Å². The van der Waals surface area contributed by atoms with Crippen molar-refractivity contribution >= 4 is 5.97 Å². The minimum absolute atomic E-state index is 0.228. The Kier molecular flexibility index (Phi) is 3.67. The zero-order valence-electron chi connectivity index (χ0n) is 8.07. The summed E-state index contributed by atoms with van der Waals surface area (Å²) in [5.74, 6) is -1.11. The minimum Gasteiger partial charge on any atom is -0.544 e. The van der Waals surface area contributed by atoms with Gasteiger partial charge in [-0.25, -0.2) is 0 Å². The molecule has 12 heavy (non-hydrogen) atoms. The second kappa shape index (κ2) is 3.87. The van der Waals surface area contributed by atoms with Crippen molar-refractivity contribution in [3.63, 3.8) is 0 Å². The predicted molar refractivity (Wildman–Crippen MR) is 43.1 cm³/mol. The van der Waals surface area contributed by atoms with Crippen LogP contribution in [-0.2, 0) is 4.79 Å². The number of nitrogens with zero attached hydrogens (tertiary/aromatic N) is 1. The summed E-state index contributed by atoms with van der Waals surface area (Å²) in [5, 5.41) is 19.7. The fraction of sp³-hybridized carbons (Fsp3) is 0.875. The van der Waals surface area contributed by atoms with Crippen molar-refractivity contribution in [1.82, 2.24) is 0 Å². The van der Waals surface area contributed by atoms with Crippen LogP contribution in [0.25, 0.3) is 0 Å². The normalized spacial score (nSPS) is 17.1. The fourth-order valence-corrected chi connectivity index (χ4v) is 1.05. The molecular weight excluding hydrogens is 158 g/mol. The van der Waals surface area contributed by atoms with Gasteiger partial charge in [0.25, 0.3) is 0 Å². The molecule has 0 bridgehead atoms. The Labute approximate surface area is 73.0 Å². The first-order valence-electron chi connectivity index (χ1n) is 3.95. The number of quaternary nitrogens is 1. The van der Waals surface area contributed by atoms with Gasteiger partial charge in [0, 0.05) is 6.42 Å². The largest absolute Gasteiger partial charge is 0.544 e. The van der Waals surface area contributed by atoms with E-state index < -0.39 is 18.1 Å². The number of hydrogen-bond acceptors (Lipinski definition) is 3. The first-order chi connectivity index (χ1) is 5.25. The number of carbonyl (C=O) groups is 1. The molecule has 0 saturated carbocycles. The van der Waals surface area contributed by atoms with E-state index in [1.54, 1.807) is 28.1 Å². The zero-order chi connectivity index (χ0) is 9.94. The van der Waals surface area contributed by atoms with Gasteiger partial charge in [0.1, 0.15) is 6.04 Å². The third-order valence-corrected chi connectivity index (χ3v) is 1.77. The number of aliphatic hydroxyl groups is 1. The molecule has 0 aromatic heterocycles. The van der Waals surface area contributed by atoms with Gasteiger partial charge in [-0.1, -0.05) is 0 Å². The summed E-state index contributed by atoms with van der Waals surface area (Å²) in [6.45, 7) is 1.58. The van der Waals surface area contributed by atoms with Crippen LogP contribution in [0, 0.1) is 0 Å². The van der Waals surface area contributed by atoms with Crippen molar-refractivity contribution in [2.45, 2.75) is 25.5 Å². The van der Waals surface area contributed by atoms with E-state index in [1.165, 1.54) is 0 Å². The average Bonchev–Trinajstić information content (AvgIpc) is 1.79. The molecule has 0 rings (SSSR count). The number of likely N-dealkylation sites (N-methyl/N-ethyl adjacent to an activating group) is 1. The lowest BCUT2D eigenvalue weighted by atomic mass is 10.1. The highest BCUT2D eigenvalue weighted by Gasteiger charge is 2.26. The average molecular weight is 175 g/mol. The van der Waals surface area contributed by atoms with Crippen LogP contribution < -0.4 is 5.11 Å². The van der Waals surface area contributed by atoms with Crippen LogP contribution in [0.15, 0.2) is 0 Å². The highest BCUT2D eigenvalue weighted by molar-refractivity contribution is 5.69. The second-order valence-corrected chi connectivity index (χ2v) is 4.04. The van der Waals surface area contributed by atoms with E-state index in [0.717, 1.165) is 0 Å². The van der Waals surface area contributed by atoms with Gasteiger partial charge in [0.05, 0.1) is 33.2 Å². The highest BCUT2D eigenvalue weighted by Crippen LogP contribution is 2.09. The zero-order valence-corrected chi connectivity index (χ0v) is 8.07. The monoisotopic (exact) mass is 175 g/mol. The summed E-state index contributed by atoms with van der Waals surface area (Å²) in [5.41, 5.74) is 0. The van der Waals surface area contributed by atoms with Crippen LogP contribution in [0.4, 0.5) is 0 Å². The molecule has 0 spiro atoms. The van der Waals surface area contributed by atoms with Crippen molar-refractivity contribution in [3.05, 3.63) is 0 Å². The Morgan fingerprint density at radius 1 is 1.50 bits per heavy atom. The predicted octanol–water partition coefficient (Wildman–Crippen LogP) is -1.42. The first-order valence-corrected chi connectivity index (χ1v) is 3.95. The van der Waals surface area contributed by atoms with Gasteiger partial charge in [0.2, 0.25) is 0 Å². The molecule has 0 saturated heterocycles. The summed E-state index contributed by atoms with van der Waals surface area (Å²) < 4.78 is 0.271. The van der Waals surface area contributed by atoms with E-state index >= 15 is 0 Å². The van der Waals surface area contributed by atoms with Crippen LogP contribution in [0.1, 0.15) is 13.3 Å². The molecule has 2 unspecified atom stereocenters. The number of aliphatic carboxylic acids is 1. The Morgan fingerprint density at radius 3 is 2.00 bits per heavy atom. The number of hydrogen-bond donors (Lipinski definition) is 1. The highest BCUT2D eigenvalue weighted by atomic mass is 16.4. The van der Waals surface area contributed by atoms with Gasteiger partial charge >= 0.3 is 0 Å². The summed E-state index contributed by atoms with van der Waals surface area (Å²) in [4.78, 5) is 10.6. The lowest BCUT2D eigenvalue weighted by Crippen LogP contribution is -2.55.